The normalized spacial score (nSPS) is 10.0. The van der Waals surface area contributed by atoms with Crippen LogP contribution < -0.4 is 9.47 Å². The number of hydrogen-bond donors (Lipinski definition) is 0. The van der Waals surface area contributed by atoms with Gasteiger partial charge in [-0.3, -0.25) is 20.2 Å². The lowest BCUT2D eigenvalue weighted by Crippen LogP contribution is -2.03. The Hall–Kier alpha value is -5.10. The monoisotopic (exact) mass is 438 g/mol. The summed E-state index contributed by atoms with van der Waals surface area (Å²) in [6, 6.07) is 11.4. The lowest BCUT2D eigenvalue weighted by atomic mass is 10.1. The van der Waals surface area contributed by atoms with Gasteiger partial charge < -0.3 is 9.47 Å². The molecule has 12 heteroatoms. The smallest absolute Gasteiger partial charge is 0.269 e. The average molecular weight is 438 g/mol. The van der Waals surface area contributed by atoms with Crippen LogP contribution in [-0.4, -0.2) is 9.85 Å². The molecule has 0 N–H and O–H groups in total. The first-order chi connectivity index (χ1) is 15.3. The number of hydrogen-bond acceptors (Lipinski definition) is 8. The van der Waals surface area contributed by atoms with E-state index < -0.39 is 44.1 Å². The average Bonchev–Trinajstić information content (AvgIpc) is 2.78. The molecule has 0 heterocycles. The molecule has 3 rings (SSSR count). The second kappa shape index (κ2) is 8.73. The Morgan fingerprint density at radius 3 is 1.25 bits per heavy atom. The van der Waals surface area contributed by atoms with Crippen molar-refractivity contribution in [1.29, 1.82) is 10.5 Å². The van der Waals surface area contributed by atoms with Gasteiger partial charge in [-0.15, -0.1) is 0 Å². The number of benzene rings is 3. The maximum Gasteiger partial charge on any atom is 0.269 e. The lowest BCUT2D eigenvalue weighted by molar-refractivity contribution is -0.385. The van der Waals surface area contributed by atoms with Crippen molar-refractivity contribution in [3.8, 4) is 35.1 Å². The fourth-order valence-corrected chi connectivity index (χ4v) is 2.55. The summed E-state index contributed by atoms with van der Waals surface area (Å²) in [4.78, 5) is 20.2. The molecule has 0 fully saturated rings. The second-order valence-corrected chi connectivity index (χ2v) is 5.97. The van der Waals surface area contributed by atoms with Crippen molar-refractivity contribution < 1.29 is 28.1 Å². The maximum atomic E-state index is 15.0. The third-order valence-corrected chi connectivity index (χ3v) is 4.05. The van der Waals surface area contributed by atoms with Crippen LogP contribution in [0.4, 0.5) is 20.2 Å². The highest BCUT2D eigenvalue weighted by atomic mass is 19.1. The molecule has 0 aliphatic rings. The number of nitro groups is 2. The SMILES string of the molecule is N#Cc1c(F)c(Oc2ccc([N+](=O)[O-])cc2)c(Oc2ccc([N+](=O)[O-])cc2)c(F)c1C#N. The van der Waals surface area contributed by atoms with Crippen LogP contribution in [-0.2, 0) is 0 Å². The van der Waals surface area contributed by atoms with Gasteiger partial charge in [-0.05, 0) is 24.3 Å². The molecule has 0 atom stereocenters. The standard InChI is InChI=1S/C20H8F2N4O6/c21-17-15(9-23)16(10-24)18(22)20(32-14-7-3-12(4-8-14)26(29)30)19(17)31-13-5-1-11(2-6-13)25(27)28/h1-8H. The molecule has 0 saturated heterocycles. The Bertz CT molecular complexity index is 1210. The van der Waals surface area contributed by atoms with Gasteiger partial charge in [0.2, 0.25) is 11.5 Å². The molecule has 0 spiro atoms. The van der Waals surface area contributed by atoms with Gasteiger partial charge in [0.1, 0.15) is 34.8 Å². The van der Waals surface area contributed by atoms with E-state index in [0.717, 1.165) is 48.5 Å². The van der Waals surface area contributed by atoms with Crippen LogP contribution >= 0.6 is 0 Å². The number of ether oxygens (including phenoxy) is 2. The topological polar surface area (TPSA) is 152 Å². The third kappa shape index (κ3) is 4.10. The van der Waals surface area contributed by atoms with Crippen LogP contribution in [0.3, 0.4) is 0 Å². The molecular formula is C20H8F2N4O6. The van der Waals surface area contributed by atoms with E-state index in [9.17, 15) is 29.0 Å². The Morgan fingerprint density at radius 2 is 1.00 bits per heavy atom. The predicted octanol–water partition coefficient (Wildman–Crippen LogP) is 5.11. The zero-order valence-corrected chi connectivity index (χ0v) is 15.6. The van der Waals surface area contributed by atoms with Crippen molar-refractivity contribution in [2.24, 2.45) is 0 Å². The van der Waals surface area contributed by atoms with E-state index in [1.54, 1.807) is 0 Å². The van der Waals surface area contributed by atoms with Crippen molar-refractivity contribution in [1.82, 2.24) is 0 Å². The summed E-state index contributed by atoms with van der Waals surface area (Å²) in [6.45, 7) is 0. The molecule has 0 saturated carbocycles. The second-order valence-electron chi connectivity index (χ2n) is 5.97. The summed E-state index contributed by atoms with van der Waals surface area (Å²) >= 11 is 0. The maximum absolute atomic E-state index is 15.0. The van der Waals surface area contributed by atoms with Crippen molar-refractivity contribution in [3.05, 3.63) is 91.5 Å². The Kier molecular flexibility index (Phi) is 5.89. The first-order valence-electron chi connectivity index (χ1n) is 8.46. The quantitative estimate of drug-likeness (QED) is 0.380. The van der Waals surface area contributed by atoms with E-state index in [0.29, 0.717) is 0 Å². The first kappa shape index (κ1) is 21.6. The molecular weight excluding hydrogens is 430 g/mol. The van der Waals surface area contributed by atoms with Crippen LogP contribution in [0.2, 0.25) is 0 Å². The summed E-state index contributed by atoms with van der Waals surface area (Å²) in [5.41, 5.74) is -2.44. The van der Waals surface area contributed by atoms with E-state index in [-0.39, 0.29) is 22.9 Å². The minimum atomic E-state index is -1.40. The van der Waals surface area contributed by atoms with E-state index in [1.165, 1.54) is 12.1 Å². The van der Waals surface area contributed by atoms with E-state index >= 15 is 0 Å². The highest BCUT2D eigenvalue weighted by Gasteiger charge is 2.29. The number of halogens is 2. The van der Waals surface area contributed by atoms with Crippen molar-refractivity contribution in [2.45, 2.75) is 0 Å². The molecule has 0 aliphatic carbocycles. The molecule has 0 aliphatic heterocycles. The summed E-state index contributed by atoms with van der Waals surface area (Å²) in [5.74, 6) is -4.91. The number of nitrogens with zero attached hydrogens (tertiary/aromatic N) is 4. The highest BCUT2D eigenvalue weighted by Crippen LogP contribution is 2.43. The van der Waals surface area contributed by atoms with Crippen molar-refractivity contribution >= 4 is 11.4 Å². The fraction of sp³-hybridized carbons (Fsp3) is 0. The van der Waals surface area contributed by atoms with Crippen LogP contribution in [0.1, 0.15) is 11.1 Å². The van der Waals surface area contributed by atoms with Crippen molar-refractivity contribution in [2.75, 3.05) is 0 Å². The van der Waals surface area contributed by atoms with Gasteiger partial charge in [-0.25, -0.2) is 8.78 Å². The zero-order valence-electron chi connectivity index (χ0n) is 15.6. The predicted molar refractivity (Wildman–Crippen MR) is 102 cm³/mol. The summed E-state index contributed by atoms with van der Waals surface area (Å²) in [7, 11) is 0. The van der Waals surface area contributed by atoms with Crippen LogP contribution in [0.5, 0.6) is 23.0 Å². The minimum absolute atomic E-state index is 0.156. The molecule has 3 aromatic carbocycles. The molecule has 0 amide bonds. The third-order valence-electron chi connectivity index (χ3n) is 4.05. The molecule has 3 aromatic rings. The van der Waals surface area contributed by atoms with E-state index in [4.69, 9.17) is 20.0 Å². The van der Waals surface area contributed by atoms with E-state index in [1.807, 2.05) is 0 Å². The van der Waals surface area contributed by atoms with Gasteiger partial charge >= 0.3 is 0 Å². The summed E-state index contributed by atoms with van der Waals surface area (Å²) in [5, 5.41) is 39.9. The number of rotatable bonds is 6. The number of nitro benzene ring substituents is 2. The van der Waals surface area contributed by atoms with Crippen LogP contribution in [0.15, 0.2) is 48.5 Å². The van der Waals surface area contributed by atoms with Gasteiger partial charge in [-0.2, -0.15) is 10.5 Å². The molecule has 0 bridgehead atoms. The van der Waals surface area contributed by atoms with Gasteiger partial charge in [0.15, 0.2) is 11.6 Å². The largest absolute Gasteiger partial charge is 0.450 e. The van der Waals surface area contributed by atoms with Gasteiger partial charge in [0, 0.05) is 24.3 Å². The fourth-order valence-electron chi connectivity index (χ4n) is 2.55. The molecule has 0 radical (unpaired) electrons. The Morgan fingerprint density at radius 1 is 0.688 bits per heavy atom. The number of non-ortho nitro benzene ring substituents is 2. The Labute approximate surface area is 177 Å². The minimum Gasteiger partial charge on any atom is -0.450 e. The van der Waals surface area contributed by atoms with Crippen LogP contribution in [0.25, 0.3) is 0 Å². The first-order valence-corrected chi connectivity index (χ1v) is 8.46. The molecule has 32 heavy (non-hydrogen) atoms. The van der Waals surface area contributed by atoms with Gasteiger partial charge in [0.25, 0.3) is 11.4 Å². The summed E-state index contributed by atoms with van der Waals surface area (Å²) in [6.07, 6.45) is 0. The van der Waals surface area contributed by atoms with Gasteiger partial charge in [0.05, 0.1) is 9.85 Å². The van der Waals surface area contributed by atoms with Crippen LogP contribution in [0, 0.1) is 54.5 Å². The zero-order chi connectivity index (χ0) is 23.4. The molecule has 0 aromatic heterocycles. The van der Waals surface area contributed by atoms with Crippen molar-refractivity contribution in [3.63, 3.8) is 0 Å². The molecule has 10 nitrogen and oxygen atoms in total. The Balaban J connectivity index is 2.12. The van der Waals surface area contributed by atoms with Gasteiger partial charge in [-0.1, -0.05) is 0 Å². The molecule has 158 valence electrons. The lowest BCUT2D eigenvalue weighted by Gasteiger charge is -2.15. The highest BCUT2D eigenvalue weighted by molar-refractivity contribution is 5.60. The van der Waals surface area contributed by atoms with E-state index in [2.05, 4.69) is 0 Å². The summed E-state index contributed by atoms with van der Waals surface area (Å²) < 4.78 is 40.6. The number of nitriles is 2. The molecule has 0 unspecified atom stereocenters.